The molecule has 1 unspecified atom stereocenters. The van der Waals surface area contributed by atoms with Crippen LogP contribution in [0.4, 0.5) is 0 Å². The van der Waals surface area contributed by atoms with Crippen LogP contribution in [0.1, 0.15) is 28.5 Å². The molecule has 0 saturated heterocycles. The van der Waals surface area contributed by atoms with Gasteiger partial charge in [0.2, 0.25) is 5.91 Å². The van der Waals surface area contributed by atoms with E-state index in [-0.39, 0.29) is 6.04 Å². The van der Waals surface area contributed by atoms with Gasteiger partial charge in [-0.2, -0.15) is 0 Å². The predicted octanol–water partition coefficient (Wildman–Crippen LogP) is 1.58. The molecule has 0 radical (unpaired) electrons. The molecular formula is C11H14N2O3S. The molecule has 0 saturated carbocycles. The Morgan fingerprint density at radius 3 is 2.53 bits per heavy atom. The van der Waals surface area contributed by atoms with Crippen LogP contribution in [0.2, 0.25) is 0 Å². The topological polar surface area (TPSA) is 79.3 Å². The van der Waals surface area contributed by atoms with Crippen molar-refractivity contribution in [2.24, 2.45) is 0 Å². The minimum absolute atomic E-state index is 0.174. The lowest BCUT2D eigenvalue weighted by Crippen LogP contribution is -2.24. The predicted molar refractivity (Wildman–Crippen MR) is 64.9 cm³/mol. The zero-order chi connectivity index (χ0) is 13.0. The van der Waals surface area contributed by atoms with Gasteiger partial charge in [0.15, 0.2) is 0 Å². The lowest BCUT2D eigenvalue weighted by atomic mass is 10.2. The van der Waals surface area contributed by atoms with Crippen LogP contribution >= 0.6 is 11.3 Å². The Morgan fingerprint density at radius 1 is 1.41 bits per heavy atom. The molecule has 0 fully saturated rings. The maximum absolute atomic E-state index is 11.4. The monoisotopic (exact) mass is 254 g/mol. The first kappa shape index (κ1) is 13.4. The van der Waals surface area contributed by atoms with Crippen LogP contribution < -0.4 is 5.32 Å². The van der Waals surface area contributed by atoms with E-state index in [4.69, 9.17) is 5.11 Å². The molecule has 0 aliphatic carbocycles. The van der Waals surface area contributed by atoms with Gasteiger partial charge in [0.05, 0.1) is 16.7 Å². The van der Waals surface area contributed by atoms with E-state index in [1.807, 2.05) is 20.8 Å². The van der Waals surface area contributed by atoms with E-state index < -0.39 is 11.9 Å². The minimum Gasteiger partial charge on any atom is -0.478 e. The molecular weight excluding hydrogens is 240 g/mol. The lowest BCUT2D eigenvalue weighted by Gasteiger charge is -2.10. The first-order valence-corrected chi connectivity index (χ1v) is 5.87. The second kappa shape index (κ2) is 5.58. The minimum atomic E-state index is -1.14. The number of aliphatic carboxylic acids is 1. The largest absolute Gasteiger partial charge is 0.478 e. The molecule has 1 heterocycles. The van der Waals surface area contributed by atoms with Gasteiger partial charge in [0.25, 0.3) is 0 Å². The van der Waals surface area contributed by atoms with E-state index >= 15 is 0 Å². The van der Waals surface area contributed by atoms with Gasteiger partial charge in [0, 0.05) is 17.0 Å². The van der Waals surface area contributed by atoms with E-state index in [2.05, 4.69) is 10.3 Å². The number of nitrogens with zero attached hydrogens (tertiary/aromatic N) is 1. The molecule has 0 aromatic carbocycles. The number of carbonyl (C=O) groups is 2. The third-order valence-electron chi connectivity index (χ3n) is 2.07. The summed E-state index contributed by atoms with van der Waals surface area (Å²) < 4.78 is 0. The summed E-state index contributed by atoms with van der Waals surface area (Å²) in [5, 5.41) is 12.0. The molecule has 0 aliphatic heterocycles. The van der Waals surface area contributed by atoms with Crippen LogP contribution in [0.5, 0.6) is 0 Å². The fraction of sp³-hybridized carbons (Fsp3) is 0.364. The van der Waals surface area contributed by atoms with Crippen LogP contribution in [0.15, 0.2) is 12.2 Å². The van der Waals surface area contributed by atoms with E-state index in [9.17, 15) is 9.59 Å². The second-order valence-electron chi connectivity index (χ2n) is 3.58. The highest BCUT2D eigenvalue weighted by Crippen LogP contribution is 2.24. The Hall–Kier alpha value is -1.69. The molecule has 1 atom stereocenters. The first-order valence-electron chi connectivity index (χ1n) is 5.05. The van der Waals surface area contributed by atoms with Gasteiger partial charge >= 0.3 is 5.97 Å². The number of thiazole rings is 1. The number of aryl methyl sites for hydroxylation is 2. The molecule has 0 spiro atoms. The number of nitrogens with one attached hydrogen (secondary N) is 1. The number of aromatic nitrogens is 1. The molecule has 1 rings (SSSR count). The van der Waals surface area contributed by atoms with Gasteiger partial charge in [-0.25, -0.2) is 9.78 Å². The molecule has 92 valence electrons. The summed E-state index contributed by atoms with van der Waals surface area (Å²) in [6, 6.07) is -0.174. The Morgan fingerprint density at radius 2 is 2.06 bits per heavy atom. The summed E-state index contributed by atoms with van der Waals surface area (Å²) in [5.41, 5.74) is 0.891. The fourth-order valence-electron chi connectivity index (χ4n) is 1.42. The van der Waals surface area contributed by atoms with Gasteiger partial charge in [-0.05, 0) is 20.8 Å². The molecule has 2 N–H and O–H groups in total. The van der Waals surface area contributed by atoms with E-state index in [1.165, 1.54) is 11.3 Å². The van der Waals surface area contributed by atoms with Crippen LogP contribution in [0.3, 0.4) is 0 Å². The van der Waals surface area contributed by atoms with Gasteiger partial charge in [-0.3, -0.25) is 4.79 Å². The standard InChI is InChI=1S/C11H14N2O3S/c1-6-11(17-8(3)12-6)7(2)13-9(14)4-5-10(15)16/h4-5,7H,1-3H3,(H,13,14)(H,15,16). The zero-order valence-corrected chi connectivity index (χ0v) is 10.7. The molecule has 1 amide bonds. The number of carboxylic acids is 1. The smallest absolute Gasteiger partial charge is 0.328 e. The summed E-state index contributed by atoms with van der Waals surface area (Å²) in [4.78, 5) is 26.9. The molecule has 17 heavy (non-hydrogen) atoms. The molecule has 0 aliphatic rings. The Balaban J connectivity index is 2.66. The molecule has 5 nitrogen and oxygen atoms in total. The van der Waals surface area contributed by atoms with Crippen molar-refractivity contribution in [3.05, 3.63) is 27.7 Å². The molecule has 1 aromatic rings. The highest BCUT2D eigenvalue weighted by atomic mass is 32.1. The molecule has 1 aromatic heterocycles. The molecule has 0 bridgehead atoms. The van der Waals surface area contributed by atoms with Crippen molar-refractivity contribution < 1.29 is 14.7 Å². The van der Waals surface area contributed by atoms with Crippen molar-refractivity contribution in [1.29, 1.82) is 0 Å². The number of hydrogen-bond acceptors (Lipinski definition) is 4. The quantitative estimate of drug-likeness (QED) is 0.799. The summed E-state index contributed by atoms with van der Waals surface area (Å²) in [7, 11) is 0. The number of rotatable bonds is 4. The average Bonchev–Trinajstić information content (AvgIpc) is 2.55. The average molecular weight is 254 g/mol. The van der Waals surface area contributed by atoms with E-state index in [1.54, 1.807) is 0 Å². The Kier molecular flexibility index (Phi) is 4.39. The van der Waals surface area contributed by atoms with Gasteiger partial charge in [0.1, 0.15) is 0 Å². The van der Waals surface area contributed by atoms with Gasteiger partial charge < -0.3 is 10.4 Å². The summed E-state index contributed by atoms with van der Waals surface area (Å²) >= 11 is 1.52. The summed E-state index contributed by atoms with van der Waals surface area (Å²) in [6.07, 6.45) is 1.81. The van der Waals surface area contributed by atoms with Crippen molar-refractivity contribution in [2.75, 3.05) is 0 Å². The van der Waals surface area contributed by atoms with Gasteiger partial charge in [-0.1, -0.05) is 0 Å². The zero-order valence-electron chi connectivity index (χ0n) is 9.85. The fourth-order valence-corrected chi connectivity index (χ4v) is 2.35. The van der Waals surface area contributed by atoms with Crippen molar-refractivity contribution >= 4 is 23.2 Å². The first-order chi connectivity index (χ1) is 7.90. The van der Waals surface area contributed by atoms with Crippen molar-refractivity contribution in [1.82, 2.24) is 10.3 Å². The van der Waals surface area contributed by atoms with Crippen LogP contribution in [0.25, 0.3) is 0 Å². The third-order valence-corrected chi connectivity index (χ3v) is 3.32. The Labute approximate surface area is 103 Å². The van der Waals surface area contributed by atoms with Crippen molar-refractivity contribution in [2.45, 2.75) is 26.8 Å². The van der Waals surface area contributed by atoms with E-state index in [0.717, 1.165) is 27.7 Å². The Bertz CT molecular complexity index is 465. The highest BCUT2D eigenvalue weighted by molar-refractivity contribution is 7.11. The number of hydrogen-bond donors (Lipinski definition) is 2. The summed E-state index contributed by atoms with van der Waals surface area (Å²) in [6.45, 7) is 5.63. The highest BCUT2D eigenvalue weighted by Gasteiger charge is 2.14. The number of carbonyl (C=O) groups excluding carboxylic acids is 1. The third kappa shape index (κ3) is 3.99. The molecule has 6 heteroatoms. The van der Waals surface area contributed by atoms with Crippen LogP contribution in [0, 0.1) is 13.8 Å². The normalized spacial score (nSPS) is 12.6. The van der Waals surface area contributed by atoms with Crippen molar-refractivity contribution in [3.8, 4) is 0 Å². The number of amides is 1. The maximum atomic E-state index is 11.4. The van der Waals surface area contributed by atoms with Crippen LogP contribution in [-0.4, -0.2) is 22.0 Å². The van der Waals surface area contributed by atoms with E-state index in [0.29, 0.717) is 0 Å². The lowest BCUT2D eigenvalue weighted by molar-refractivity contribution is -0.131. The number of carboxylic acid groups (broad SMARTS) is 1. The van der Waals surface area contributed by atoms with Crippen LogP contribution in [-0.2, 0) is 9.59 Å². The maximum Gasteiger partial charge on any atom is 0.328 e. The SMILES string of the molecule is Cc1nc(C)c(C(C)NC(=O)C=CC(=O)O)s1. The van der Waals surface area contributed by atoms with Crippen molar-refractivity contribution in [3.63, 3.8) is 0 Å². The second-order valence-corrected chi connectivity index (χ2v) is 4.82. The summed E-state index contributed by atoms with van der Waals surface area (Å²) in [5.74, 6) is -1.57. The van der Waals surface area contributed by atoms with Gasteiger partial charge in [-0.15, -0.1) is 11.3 Å².